The highest BCUT2D eigenvalue weighted by atomic mass is 32.1. The van der Waals surface area contributed by atoms with E-state index in [-0.39, 0.29) is 0 Å². The van der Waals surface area contributed by atoms with Crippen LogP contribution in [0, 0.1) is 13.8 Å². The largest absolute Gasteiger partial charge is 0.369 e. The molecule has 0 spiro atoms. The average Bonchev–Trinajstić information content (AvgIpc) is 2.66. The van der Waals surface area contributed by atoms with Gasteiger partial charge in [0.15, 0.2) is 5.11 Å². The van der Waals surface area contributed by atoms with E-state index >= 15 is 0 Å². The highest BCUT2D eigenvalue weighted by molar-refractivity contribution is 7.80. The standard InChI is InChI=1S/C22H30N4S/c1-17-13-18(2)15-20(14-17)24-22(27)23-16-19(3)25-9-11-26(12-10-25)21-7-5-4-6-8-21/h4-8,13-15,19H,9-12,16H2,1-3H3,(H2,23,24,27). The quantitative estimate of drug-likeness (QED) is 0.768. The SMILES string of the molecule is Cc1cc(C)cc(NC(=S)NCC(C)N2CCN(c3ccccc3)CC2)c1. The molecule has 5 heteroatoms. The van der Waals surface area contributed by atoms with Crippen molar-refractivity contribution in [1.29, 1.82) is 0 Å². The van der Waals surface area contributed by atoms with Gasteiger partial charge in [-0.1, -0.05) is 24.3 Å². The molecule has 0 bridgehead atoms. The van der Waals surface area contributed by atoms with Crippen LogP contribution in [0.15, 0.2) is 48.5 Å². The molecular formula is C22H30N4S. The van der Waals surface area contributed by atoms with Crippen LogP contribution in [0.2, 0.25) is 0 Å². The van der Waals surface area contributed by atoms with E-state index < -0.39 is 0 Å². The van der Waals surface area contributed by atoms with Gasteiger partial charge in [-0.2, -0.15) is 0 Å². The minimum Gasteiger partial charge on any atom is -0.369 e. The van der Waals surface area contributed by atoms with Crippen LogP contribution in [0.3, 0.4) is 0 Å². The van der Waals surface area contributed by atoms with Crippen molar-refractivity contribution in [2.45, 2.75) is 26.8 Å². The molecule has 27 heavy (non-hydrogen) atoms. The van der Waals surface area contributed by atoms with Gasteiger partial charge in [0.25, 0.3) is 0 Å². The summed E-state index contributed by atoms with van der Waals surface area (Å²) < 4.78 is 0. The molecule has 1 aliphatic rings. The number of rotatable bonds is 5. The van der Waals surface area contributed by atoms with E-state index in [1.165, 1.54) is 16.8 Å². The first kappa shape index (κ1) is 19.6. The van der Waals surface area contributed by atoms with E-state index in [1.54, 1.807) is 0 Å². The van der Waals surface area contributed by atoms with E-state index in [4.69, 9.17) is 12.2 Å². The van der Waals surface area contributed by atoms with E-state index in [0.29, 0.717) is 11.2 Å². The summed E-state index contributed by atoms with van der Waals surface area (Å²) in [6.45, 7) is 11.6. The number of piperazine rings is 1. The molecule has 4 nitrogen and oxygen atoms in total. The zero-order valence-corrected chi connectivity index (χ0v) is 17.4. The molecule has 3 rings (SSSR count). The number of nitrogens with one attached hydrogen (secondary N) is 2. The maximum atomic E-state index is 5.48. The highest BCUT2D eigenvalue weighted by Gasteiger charge is 2.21. The Kier molecular flexibility index (Phi) is 6.69. The Hall–Kier alpha value is -2.11. The van der Waals surface area contributed by atoms with Gasteiger partial charge in [-0.25, -0.2) is 0 Å². The Labute approximate surface area is 168 Å². The number of anilines is 2. The average molecular weight is 383 g/mol. The summed E-state index contributed by atoms with van der Waals surface area (Å²) in [4.78, 5) is 4.99. The van der Waals surface area contributed by atoms with Crippen LogP contribution in [0.25, 0.3) is 0 Å². The Morgan fingerprint density at radius 2 is 1.63 bits per heavy atom. The van der Waals surface area contributed by atoms with E-state index in [2.05, 4.69) is 89.7 Å². The number of thiocarbonyl (C=S) groups is 1. The van der Waals surface area contributed by atoms with Gasteiger partial charge in [-0.05, 0) is 68.4 Å². The molecule has 2 aromatic rings. The van der Waals surface area contributed by atoms with Gasteiger partial charge in [-0.3, -0.25) is 4.90 Å². The third-order valence-corrected chi connectivity index (χ3v) is 5.34. The van der Waals surface area contributed by atoms with Crippen LogP contribution >= 0.6 is 12.2 Å². The van der Waals surface area contributed by atoms with Crippen LogP contribution < -0.4 is 15.5 Å². The Balaban J connectivity index is 1.43. The molecule has 1 aliphatic heterocycles. The number of benzene rings is 2. The molecule has 2 aromatic carbocycles. The van der Waals surface area contributed by atoms with Gasteiger partial charge in [0.1, 0.15) is 0 Å². The Bertz CT molecular complexity index is 734. The molecule has 0 amide bonds. The maximum Gasteiger partial charge on any atom is 0.170 e. The normalized spacial score (nSPS) is 16.0. The topological polar surface area (TPSA) is 30.5 Å². The maximum absolute atomic E-state index is 5.48. The van der Waals surface area contributed by atoms with Crippen molar-refractivity contribution in [3.63, 3.8) is 0 Å². The first-order valence-corrected chi connectivity index (χ1v) is 10.1. The molecule has 0 aliphatic carbocycles. The lowest BCUT2D eigenvalue weighted by atomic mass is 10.1. The van der Waals surface area contributed by atoms with Crippen LogP contribution in [0.1, 0.15) is 18.1 Å². The summed E-state index contributed by atoms with van der Waals surface area (Å²) in [6.07, 6.45) is 0. The predicted octanol–water partition coefficient (Wildman–Crippen LogP) is 3.80. The van der Waals surface area contributed by atoms with Crippen LogP contribution in [-0.2, 0) is 0 Å². The highest BCUT2D eigenvalue weighted by Crippen LogP contribution is 2.17. The molecule has 0 aromatic heterocycles. The molecular weight excluding hydrogens is 352 g/mol. The number of hydrogen-bond donors (Lipinski definition) is 2. The molecule has 1 heterocycles. The first-order valence-electron chi connectivity index (χ1n) is 9.68. The van der Waals surface area contributed by atoms with Crippen LogP contribution in [0.4, 0.5) is 11.4 Å². The van der Waals surface area contributed by atoms with Gasteiger partial charge in [0, 0.05) is 50.1 Å². The zero-order valence-electron chi connectivity index (χ0n) is 16.5. The monoisotopic (exact) mass is 382 g/mol. The second-order valence-corrected chi connectivity index (χ2v) is 7.83. The van der Waals surface area contributed by atoms with Crippen molar-refractivity contribution in [3.8, 4) is 0 Å². The van der Waals surface area contributed by atoms with Crippen LogP contribution in [-0.4, -0.2) is 48.8 Å². The van der Waals surface area contributed by atoms with Gasteiger partial charge in [0.05, 0.1) is 0 Å². The molecule has 1 fully saturated rings. The number of nitrogens with zero attached hydrogens (tertiary/aromatic N) is 2. The smallest absolute Gasteiger partial charge is 0.170 e. The lowest BCUT2D eigenvalue weighted by Crippen LogP contribution is -2.52. The van der Waals surface area contributed by atoms with Gasteiger partial charge >= 0.3 is 0 Å². The van der Waals surface area contributed by atoms with E-state index in [0.717, 1.165) is 38.4 Å². The van der Waals surface area contributed by atoms with Crippen molar-refractivity contribution in [1.82, 2.24) is 10.2 Å². The summed E-state index contributed by atoms with van der Waals surface area (Å²) in [5.41, 5.74) is 4.85. The second kappa shape index (κ2) is 9.20. The van der Waals surface area contributed by atoms with Gasteiger partial charge in [0.2, 0.25) is 0 Å². The fraction of sp³-hybridized carbons (Fsp3) is 0.409. The predicted molar refractivity (Wildman–Crippen MR) is 120 cm³/mol. The summed E-state index contributed by atoms with van der Waals surface area (Å²) >= 11 is 5.48. The third kappa shape index (κ3) is 5.68. The van der Waals surface area contributed by atoms with Gasteiger partial charge < -0.3 is 15.5 Å². The molecule has 0 radical (unpaired) electrons. The molecule has 144 valence electrons. The van der Waals surface area contributed by atoms with Crippen molar-refractivity contribution in [2.75, 3.05) is 42.9 Å². The summed E-state index contributed by atoms with van der Waals surface area (Å²) in [5, 5.41) is 7.37. The summed E-state index contributed by atoms with van der Waals surface area (Å²) in [6, 6.07) is 17.5. The van der Waals surface area contributed by atoms with Crippen molar-refractivity contribution >= 4 is 28.7 Å². The first-order chi connectivity index (χ1) is 13.0. The molecule has 1 saturated heterocycles. The lowest BCUT2D eigenvalue weighted by Gasteiger charge is -2.39. The number of hydrogen-bond acceptors (Lipinski definition) is 3. The third-order valence-electron chi connectivity index (χ3n) is 5.10. The van der Waals surface area contributed by atoms with Crippen molar-refractivity contribution < 1.29 is 0 Å². The fourth-order valence-corrected chi connectivity index (χ4v) is 3.85. The molecule has 0 saturated carbocycles. The molecule has 1 atom stereocenters. The fourth-order valence-electron chi connectivity index (χ4n) is 3.65. The minimum absolute atomic E-state index is 0.446. The van der Waals surface area contributed by atoms with E-state index in [9.17, 15) is 0 Å². The van der Waals surface area contributed by atoms with Crippen LogP contribution in [0.5, 0.6) is 0 Å². The number of para-hydroxylation sites is 1. The van der Waals surface area contributed by atoms with Crippen molar-refractivity contribution in [2.24, 2.45) is 0 Å². The Morgan fingerprint density at radius 1 is 1.00 bits per heavy atom. The number of aryl methyl sites for hydroxylation is 2. The van der Waals surface area contributed by atoms with E-state index in [1.807, 2.05) is 0 Å². The summed E-state index contributed by atoms with van der Waals surface area (Å²) in [7, 11) is 0. The summed E-state index contributed by atoms with van der Waals surface area (Å²) in [5.74, 6) is 0. The Morgan fingerprint density at radius 3 is 2.26 bits per heavy atom. The molecule has 1 unspecified atom stereocenters. The second-order valence-electron chi connectivity index (χ2n) is 7.42. The zero-order chi connectivity index (χ0) is 19.2. The molecule has 2 N–H and O–H groups in total. The lowest BCUT2D eigenvalue weighted by molar-refractivity contribution is 0.198. The van der Waals surface area contributed by atoms with Crippen molar-refractivity contribution in [3.05, 3.63) is 59.7 Å². The van der Waals surface area contributed by atoms with Gasteiger partial charge in [-0.15, -0.1) is 0 Å². The minimum atomic E-state index is 0.446.